The zero-order valence-corrected chi connectivity index (χ0v) is 10.9. The van der Waals surface area contributed by atoms with Crippen LogP contribution in [0, 0.1) is 6.92 Å². The van der Waals surface area contributed by atoms with E-state index in [9.17, 15) is 4.79 Å². The van der Waals surface area contributed by atoms with E-state index in [1.54, 1.807) is 0 Å². The van der Waals surface area contributed by atoms with Crippen molar-refractivity contribution in [2.24, 2.45) is 0 Å². The van der Waals surface area contributed by atoms with Gasteiger partial charge in [0.2, 0.25) is 5.91 Å². The molecule has 2 fully saturated rings. The molecule has 3 rings (SSSR count). The molecule has 96 valence electrons. The largest absolute Gasteiger partial charge is 0.378 e. The van der Waals surface area contributed by atoms with Crippen LogP contribution in [-0.4, -0.2) is 36.6 Å². The number of aryl methyl sites for hydroxylation is 1. The summed E-state index contributed by atoms with van der Waals surface area (Å²) in [4.78, 5) is 14.1. The number of benzene rings is 1. The number of carbonyl (C=O) groups excluding carboxylic acids is 1. The van der Waals surface area contributed by atoms with E-state index in [0.29, 0.717) is 13.2 Å². The fourth-order valence-corrected chi connectivity index (χ4v) is 2.89. The van der Waals surface area contributed by atoms with E-state index in [1.165, 1.54) is 0 Å². The molecule has 1 aromatic carbocycles. The Bertz CT molecular complexity index is 492. The molecule has 2 heterocycles. The highest BCUT2D eigenvalue weighted by Crippen LogP contribution is 2.30. The lowest BCUT2D eigenvalue weighted by Crippen LogP contribution is -2.44. The molecule has 0 unspecified atom stereocenters. The van der Waals surface area contributed by atoms with Crippen LogP contribution in [0.25, 0.3) is 0 Å². The summed E-state index contributed by atoms with van der Waals surface area (Å²) in [6.45, 7) is 3.95. The van der Waals surface area contributed by atoms with Crippen molar-refractivity contribution >= 4 is 17.5 Å². The smallest absolute Gasteiger partial charge is 0.241 e. The third-order valence-corrected chi connectivity index (χ3v) is 3.84. The molecule has 18 heavy (non-hydrogen) atoms. The van der Waals surface area contributed by atoms with Gasteiger partial charge in [0.15, 0.2) is 0 Å². The van der Waals surface area contributed by atoms with Crippen LogP contribution in [0.3, 0.4) is 0 Å². The van der Waals surface area contributed by atoms with Crippen molar-refractivity contribution in [3.63, 3.8) is 0 Å². The van der Waals surface area contributed by atoms with Gasteiger partial charge >= 0.3 is 0 Å². The molecule has 0 saturated carbocycles. The standard InChI is InChI=1S/C13H15ClN2O2/c1-8-6-9(14)2-3-10(8)12-15-13(17)11-7-18-5-4-16(11)12/h2-3,6,11-12H,4-5,7H2,1H3,(H,15,17)/t11-,12-/m0/s1. The van der Waals surface area contributed by atoms with E-state index >= 15 is 0 Å². The highest BCUT2D eigenvalue weighted by molar-refractivity contribution is 6.30. The quantitative estimate of drug-likeness (QED) is 0.837. The summed E-state index contributed by atoms with van der Waals surface area (Å²) in [6.07, 6.45) is -0.0522. The van der Waals surface area contributed by atoms with Crippen molar-refractivity contribution < 1.29 is 9.53 Å². The Morgan fingerprint density at radius 3 is 3.11 bits per heavy atom. The third kappa shape index (κ3) is 1.90. The van der Waals surface area contributed by atoms with Gasteiger partial charge in [0.25, 0.3) is 0 Å². The van der Waals surface area contributed by atoms with E-state index in [-0.39, 0.29) is 18.1 Å². The zero-order chi connectivity index (χ0) is 12.7. The van der Waals surface area contributed by atoms with Crippen LogP contribution in [0.5, 0.6) is 0 Å². The van der Waals surface area contributed by atoms with E-state index in [1.807, 2.05) is 25.1 Å². The Labute approximate surface area is 111 Å². The molecule has 2 aliphatic rings. The van der Waals surface area contributed by atoms with Gasteiger partial charge in [0.1, 0.15) is 12.2 Å². The summed E-state index contributed by atoms with van der Waals surface area (Å²) < 4.78 is 5.36. The lowest BCUT2D eigenvalue weighted by molar-refractivity contribution is -0.125. The van der Waals surface area contributed by atoms with Crippen LogP contribution >= 0.6 is 11.6 Å². The predicted octanol–water partition coefficient (Wildman–Crippen LogP) is 1.48. The molecule has 0 spiro atoms. The second kappa shape index (κ2) is 4.53. The summed E-state index contributed by atoms with van der Waals surface area (Å²) in [7, 11) is 0. The summed E-state index contributed by atoms with van der Waals surface area (Å²) in [5.74, 6) is 0.0500. The number of fused-ring (bicyclic) bond motifs is 1. The van der Waals surface area contributed by atoms with Crippen molar-refractivity contribution in [3.8, 4) is 0 Å². The molecule has 1 N–H and O–H groups in total. The van der Waals surface area contributed by atoms with Crippen molar-refractivity contribution in [2.75, 3.05) is 19.8 Å². The van der Waals surface area contributed by atoms with Crippen LogP contribution in [-0.2, 0) is 9.53 Å². The minimum atomic E-state index is -0.154. The molecule has 2 saturated heterocycles. The van der Waals surface area contributed by atoms with E-state index < -0.39 is 0 Å². The second-order valence-corrected chi connectivity index (χ2v) is 5.18. The SMILES string of the molecule is Cc1cc(Cl)ccc1[C@H]1NC(=O)[C@@H]2COCCN12. The maximum atomic E-state index is 11.9. The monoisotopic (exact) mass is 266 g/mol. The first kappa shape index (κ1) is 12.0. The molecular formula is C13H15ClN2O2. The lowest BCUT2D eigenvalue weighted by atomic mass is 10.1. The molecular weight excluding hydrogens is 252 g/mol. The minimum absolute atomic E-state index is 0.0500. The van der Waals surface area contributed by atoms with Crippen LogP contribution < -0.4 is 5.32 Å². The molecule has 1 aromatic rings. The number of hydrogen-bond donors (Lipinski definition) is 1. The fraction of sp³-hybridized carbons (Fsp3) is 0.462. The predicted molar refractivity (Wildman–Crippen MR) is 68.4 cm³/mol. The Balaban J connectivity index is 1.94. The van der Waals surface area contributed by atoms with Gasteiger partial charge in [-0.15, -0.1) is 0 Å². The Kier molecular flexibility index (Phi) is 3.01. The second-order valence-electron chi connectivity index (χ2n) is 4.74. The van der Waals surface area contributed by atoms with Crippen LogP contribution in [0.15, 0.2) is 18.2 Å². The Hall–Kier alpha value is -1.10. The van der Waals surface area contributed by atoms with Crippen LogP contribution in [0.1, 0.15) is 17.3 Å². The highest BCUT2D eigenvalue weighted by atomic mass is 35.5. The number of morpholine rings is 1. The first-order valence-electron chi connectivity index (χ1n) is 6.07. The number of carbonyl (C=O) groups is 1. The molecule has 4 nitrogen and oxygen atoms in total. The molecule has 2 aliphatic heterocycles. The van der Waals surface area contributed by atoms with Gasteiger partial charge in [0, 0.05) is 11.6 Å². The maximum absolute atomic E-state index is 11.9. The Morgan fingerprint density at radius 2 is 2.33 bits per heavy atom. The lowest BCUT2D eigenvalue weighted by Gasteiger charge is -2.32. The Morgan fingerprint density at radius 1 is 1.50 bits per heavy atom. The molecule has 0 radical (unpaired) electrons. The van der Waals surface area contributed by atoms with E-state index in [4.69, 9.17) is 16.3 Å². The van der Waals surface area contributed by atoms with Gasteiger partial charge in [-0.05, 0) is 30.2 Å². The maximum Gasteiger partial charge on any atom is 0.241 e. The van der Waals surface area contributed by atoms with Crippen molar-refractivity contribution in [2.45, 2.75) is 19.1 Å². The van der Waals surface area contributed by atoms with Crippen LogP contribution in [0.2, 0.25) is 5.02 Å². The first-order valence-corrected chi connectivity index (χ1v) is 6.44. The topological polar surface area (TPSA) is 41.6 Å². The number of ether oxygens (including phenoxy) is 1. The number of nitrogens with zero attached hydrogens (tertiary/aromatic N) is 1. The number of halogens is 1. The van der Waals surface area contributed by atoms with Gasteiger partial charge in [-0.25, -0.2) is 0 Å². The molecule has 0 aliphatic carbocycles. The molecule has 0 aromatic heterocycles. The third-order valence-electron chi connectivity index (χ3n) is 3.61. The molecule has 1 amide bonds. The average molecular weight is 267 g/mol. The molecule has 0 bridgehead atoms. The van der Waals surface area contributed by atoms with Crippen molar-refractivity contribution in [3.05, 3.63) is 34.3 Å². The minimum Gasteiger partial charge on any atom is -0.378 e. The normalized spacial score (nSPS) is 28.0. The highest BCUT2D eigenvalue weighted by Gasteiger charge is 2.42. The van der Waals surface area contributed by atoms with E-state index in [2.05, 4.69) is 10.2 Å². The first-order chi connectivity index (χ1) is 8.66. The molecule has 2 atom stereocenters. The summed E-state index contributed by atoms with van der Waals surface area (Å²) in [5.41, 5.74) is 2.21. The molecule has 5 heteroatoms. The van der Waals surface area contributed by atoms with Crippen molar-refractivity contribution in [1.82, 2.24) is 10.2 Å². The van der Waals surface area contributed by atoms with Gasteiger partial charge in [-0.3, -0.25) is 9.69 Å². The van der Waals surface area contributed by atoms with Gasteiger partial charge in [-0.2, -0.15) is 0 Å². The number of rotatable bonds is 1. The fourth-order valence-electron chi connectivity index (χ4n) is 2.67. The van der Waals surface area contributed by atoms with Gasteiger partial charge in [-0.1, -0.05) is 17.7 Å². The van der Waals surface area contributed by atoms with Crippen LogP contribution in [0.4, 0.5) is 0 Å². The average Bonchev–Trinajstić information content (AvgIpc) is 2.68. The zero-order valence-electron chi connectivity index (χ0n) is 10.1. The summed E-state index contributed by atoms with van der Waals surface area (Å²) in [6, 6.07) is 5.62. The number of nitrogens with one attached hydrogen (secondary N) is 1. The summed E-state index contributed by atoms with van der Waals surface area (Å²) in [5, 5.41) is 3.76. The number of amides is 1. The van der Waals surface area contributed by atoms with E-state index in [0.717, 1.165) is 22.7 Å². The van der Waals surface area contributed by atoms with Gasteiger partial charge < -0.3 is 10.1 Å². The van der Waals surface area contributed by atoms with Crippen molar-refractivity contribution in [1.29, 1.82) is 0 Å². The van der Waals surface area contributed by atoms with Gasteiger partial charge in [0.05, 0.1) is 13.2 Å². The summed E-state index contributed by atoms with van der Waals surface area (Å²) >= 11 is 5.97. The number of hydrogen-bond acceptors (Lipinski definition) is 3.